The van der Waals surface area contributed by atoms with Gasteiger partial charge in [0.25, 0.3) is 0 Å². The zero-order valence-electron chi connectivity index (χ0n) is 19.8. The number of hydrogen-bond donors (Lipinski definition) is 0. The van der Waals surface area contributed by atoms with Crippen LogP contribution in [0, 0.1) is 5.82 Å². The molecule has 0 bridgehead atoms. The van der Waals surface area contributed by atoms with E-state index in [-0.39, 0.29) is 31.4 Å². The van der Waals surface area contributed by atoms with Crippen LogP contribution in [0.4, 0.5) is 4.39 Å². The third-order valence-corrected chi connectivity index (χ3v) is 7.39. The van der Waals surface area contributed by atoms with Crippen LogP contribution in [0.15, 0.2) is 96.4 Å². The van der Waals surface area contributed by atoms with Crippen LogP contribution in [-0.4, -0.2) is 43.7 Å². The summed E-state index contributed by atoms with van der Waals surface area (Å²) in [5, 5.41) is 1.12. The second-order valence-corrected chi connectivity index (χ2v) is 10.2. The Morgan fingerprint density at radius 1 is 1.00 bits per heavy atom. The molecular weight excluding hydrogens is 479 g/mol. The Hall–Kier alpha value is -3.75. The summed E-state index contributed by atoms with van der Waals surface area (Å²) < 4.78 is 46.0. The average Bonchev–Trinajstić information content (AvgIpc) is 2.89. The summed E-state index contributed by atoms with van der Waals surface area (Å²) in [5.74, 6) is -0.0412. The fourth-order valence-corrected chi connectivity index (χ4v) is 5.03. The number of benzene rings is 3. The van der Waals surface area contributed by atoms with Crippen LogP contribution in [0.1, 0.15) is 22.7 Å². The molecule has 1 heterocycles. The Morgan fingerprint density at radius 2 is 1.69 bits per heavy atom. The first-order chi connectivity index (χ1) is 17.4. The number of hydrogen-bond acceptors (Lipinski definition) is 4. The van der Waals surface area contributed by atoms with E-state index in [0.29, 0.717) is 5.75 Å². The topological polar surface area (TPSA) is 66.9 Å². The second kappa shape index (κ2) is 11.3. The maximum atomic E-state index is 13.5. The highest BCUT2D eigenvalue weighted by Crippen LogP contribution is 2.28. The molecule has 0 saturated carbocycles. The van der Waals surface area contributed by atoms with Crippen molar-refractivity contribution in [3.05, 3.63) is 119 Å². The molecule has 0 saturated heterocycles. The third-order valence-electron chi connectivity index (χ3n) is 5.91. The van der Waals surface area contributed by atoms with Gasteiger partial charge in [-0.3, -0.25) is 4.79 Å². The molecule has 1 amide bonds. The van der Waals surface area contributed by atoms with Gasteiger partial charge in [0.1, 0.15) is 11.6 Å². The molecule has 3 aromatic carbocycles. The lowest BCUT2D eigenvalue weighted by molar-refractivity contribution is -0.133. The number of rotatable bonds is 7. The van der Waals surface area contributed by atoms with Crippen LogP contribution in [0.25, 0.3) is 6.08 Å². The summed E-state index contributed by atoms with van der Waals surface area (Å²) in [6.45, 7) is -0.0716. The molecule has 0 spiro atoms. The molecule has 36 heavy (non-hydrogen) atoms. The van der Waals surface area contributed by atoms with Gasteiger partial charge in [-0.05, 0) is 47.0 Å². The molecule has 3 aromatic rings. The van der Waals surface area contributed by atoms with Crippen molar-refractivity contribution in [1.82, 2.24) is 9.21 Å². The van der Waals surface area contributed by atoms with Gasteiger partial charge in [0.2, 0.25) is 15.9 Å². The van der Waals surface area contributed by atoms with E-state index in [1.54, 1.807) is 42.4 Å². The molecule has 0 radical (unpaired) electrons. The minimum Gasteiger partial charge on any atom is -0.497 e. The standard InChI is InChI=1S/C28H27FN2O4S/c1-35-26-15-11-24(12-16-26)27-8-5-18-30(36(33,34)19-17-22-6-3-2-4-7-22)21-28(32)31(27)20-23-9-13-25(29)14-10-23/h2-17,19,27H,18,20-21H2,1H3/b8-5-,19-17+/t27-/m1/s1. The van der Waals surface area contributed by atoms with E-state index in [1.807, 2.05) is 48.5 Å². The highest BCUT2D eigenvalue weighted by molar-refractivity contribution is 7.92. The van der Waals surface area contributed by atoms with Gasteiger partial charge in [0.05, 0.1) is 19.7 Å². The number of methoxy groups -OCH3 is 1. The van der Waals surface area contributed by atoms with Crippen LogP contribution in [0.3, 0.4) is 0 Å². The lowest BCUT2D eigenvalue weighted by atomic mass is 10.0. The zero-order valence-corrected chi connectivity index (χ0v) is 20.6. The number of carbonyl (C=O) groups is 1. The largest absolute Gasteiger partial charge is 0.497 e. The molecule has 8 heteroatoms. The van der Waals surface area contributed by atoms with E-state index < -0.39 is 16.1 Å². The molecule has 0 unspecified atom stereocenters. The Kier molecular flexibility index (Phi) is 7.97. The van der Waals surface area contributed by atoms with Crippen LogP contribution >= 0.6 is 0 Å². The maximum Gasteiger partial charge on any atom is 0.238 e. The van der Waals surface area contributed by atoms with Crippen molar-refractivity contribution in [2.75, 3.05) is 20.2 Å². The van der Waals surface area contributed by atoms with Gasteiger partial charge >= 0.3 is 0 Å². The summed E-state index contributed by atoms with van der Waals surface area (Å²) in [6, 6.07) is 21.9. The number of sulfonamides is 1. The number of halogens is 1. The van der Waals surface area contributed by atoms with Gasteiger partial charge in [-0.15, -0.1) is 0 Å². The Labute approximate surface area is 211 Å². The average molecular weight is 507 g/mol. The van der Waals surface area contributed by atoms with Crippen molar-refractivity contribution in [2.24, 2.45) is 0 Å². The predicted molar refractivity (Wildman–Crippen MR) is 138 cm³/mol. The quantitative estimate of drug-likeness (QED) is 0.433. The molecule has 0 aromatic heterocycles. The highest BCUT2D eigenvalue weighted by Gasteiger charge is 2.30. The molecule has 1 atom stereocenters. The van der Waals surface area contributed by atoms with Gasteiger partial charge in [-0.1, -0.05) is 66.7 Å². The summed E-state index contributed by atoms with van der Waals surface area (Å²) in [5.41, 5.74) is 2.32. The minimum absolute atomic E-state index is 0.0598. The molecule has 1 aliphatic rings. The van der Waals surface area contributed by atoms with Crippen molar-refractivity contribution >= 4 is 22.0 Å². The van der Waals surface area contributed by atoms with E-state index >= 15 is 0 Å². The maximum absolute atomic E-state index is 13.5. The summed E-state index contributed by atoms with van der Waals surface area (Å²) in [6.07, 6.45) is 5.09. The first-order valence-electron chi connectivity index (χ1n) is 11.4. The zero-order chi connectivity index (χ0) is 25.5. The van der Waals surface area contributed by atoms with E-state index in [0.717, 1.165) is 26.4 Å². The van der Waals surface area contributed by atoms with Crippen molar-refractivity contribution in [3.8, 4) is 5.75 Å². The second-order valence-electron chi connectivity index (χ2n) is 8.35. The summed E-state index contributed by atoms with van der Waals surface area (Å²) in [4.78, 5) is 15.1. The molecule has 0 N–H and O–H groups in total. The van der Waals surface area contributed by atoms with Crippen molar-refractivity contribution in [3.63, 3.8) is 0 Å². The molecule has 186 valence electrons. The SMILES string of the molecule is COc1ccc([C@H]2/C=C\CN(S(=O)(=O)/C=C/c3ccccc3)CC(=O)N2Cc2ccc(F)cc2)cc1. The predicted octanol–water partition coefficient (Wildman–Crippen LogP) is 4.78. The van der Waals surface area contributed by atoms with Crippen LogP contribution in [0.2, 0.25) is 0 Å². The van der Waals surface area contributed by atoms with Crippen molar-refractivity contribution < 1.29 is 22.3 Å². The van der Waals surface area contributed by atoms with E-state index in [4.69, 9.17) is 4.74 Å². The first kappa shape index (κ1) is 25.3. The summed E-state index contributed by atoms with van der Waals surface area (Å²) >= 11 is 0. The summed E-state index contributed by atoms with van der Waals surface area (Å²) in [7, 11) is -2.28. The Bertz CT molecular complexity index is 1340. The molecular formula is C28H27FN2O4S. The van der Waals surface area contributed by atoms with Gasteiger partial charge in [0, 0.05) is 18.5 Å². The first-order valence-corrected chi connectivity index (χ1v) is 12.9. The number of ether oxygens (including phenoxy) is 1. The van der Waals surface area contributed by atoms with Crippen LogP contribution in [0.5, 0.6) is 5.75 Å². The molecule has 1 aliphatic heterocycles. The fraction of sp³-hybridized carbons (Fsp3) is 0.179. The monoisotopic (exact) mass is 506 g/mol. The molecule has 6 nitrogen and oxygen atoms in total. The minimum atomic E-state index is -3.86. The van der Waals surface area contributed by atoms with Gasteiger partial charge < -0.3 is 9.64 Å². The van der Waals surface area contributed by atoms with Gasteiger partial charge in [-0.2, -0.15) is 4.31 Å². The number of nitrogens with zero attached hydrogens (tertiary/aromatic N) is 2. The lowest BCUT2D eigenvalue weighted by Crippen LogP contribution is -2.44. The van der Waals surface area contributed by atoms with Crippen LogP contribution in [-0.2, 0) is 21.4 Å². The normalized spacial score (nSPS) is 18.1. The van der Waals surface area contributed by atoms with Gasteiger partial charge in [-0.25, -0.2) is 12.8 Å². The molecule has 4 rings (SSSR count). The van der Waals surface area contributed by atoms with E-state index in [1.165, 1.54) is 18.2 Å². The van der Waals surface area contributed by atoms with E-state index in [9.17, 15) is 17.6 Å². The smallest absolute Gasteiger partial charge is 0.238 e. The molecule has 0 fully saturated rings. The van der Waals surface area contributed by atoms with Crippen molar-refractivity contribution in [1.29, 1.82) is 0 Å². The number of carbonyl (C=O) groups excluding carboxylic acids is 1. The lowest BCUT2D eigenvalue weighted by Gasteiger charge is -2.34. The fourth-order valence-electron chi connectivity index (χ4n) is 3.95. The van der Waals surface area contributed by atoms with E-state index in [2.05, 4.69) is 0 Å². The van der Waals surface area contributed by atoms with Crippen molar-refractivity contribution in [2.45, 2.75) is 12.6 Å². The molecule has 0 aliphatic carbocycles. The third kappa shape index (κ3) is 6.27. The number of amides is 1. The van der Waals surface area contributed by atoms with Gasteiger partial charge in [0.15, 0.2) is 0 Å². The van der Waals surface area contributed by atoms with Crippen LogP contribution < -0.4 is 4.74 Å². The Morgan fingerprint density at radius 3 is 2.36 bits per heavy atom. The Balaban J connectivity index is 1.65. The highest BCUT2D eigenvalue weighted by atomic mass is 32.2.